The van der Waals surface area contributed by atoms with Gasteiger partial charge in [-0.3, -0.25) is 0 Å². The van der Waals surface area contributed by atoms with Crippen molar-refractivity contribution < 1.29 is 14.9 Å². The maximum absolute atomic E-state index is 9.84. The number of aromatic hydroxyl groups is 2. The molecule has 4 aromatic rings. The summed E-state index contributed by atoms with van der Waals surface area (Å²) in [6.07, 6.45) is 1.93. The monoisotopic (exact) mass is 355 g/mol. The third-order valence-electron chi connectivity index (χ3n) is 4.97. The largest absolute Gasteiger partial charge is 0.508 e. The van der Waals surface area contributed by atoms with Crippen molar-refractivity contribution in [2.24, 2.45) is 0 Å². The fourth-order valence-electron chi connectivity index (χ4n) is 3.65. The number of nitrogens with one attached hydrogen (secondary N) is 1. The molecule has 0 amide bonds. The summed E-state index contributed by atoms with van der Waals surface area (Å²) >= 11 is 0. The van der Waals surface area contributed by atoms with Gasteiger partial charge in [0.15, 0.2) is 0 Å². The first-order valence-electron chi connectivity index (χ1n) is 8.75. The van der Waals surface area contributed by atoms with Crippen molar-refractivity contribution in [1.82, 2.24) is 4.98 Å². The van der Waals surface area contributed by atoms with Gasteiger partial charge in [-0.25, -0.2) is 0 Å². The minimum Gasteiger partial charge on any atom is -0.508 e. The van der Waals surface area contributed by atoms with E-state index in [0.29, 0.717) is 12.4 Å². The minimum atomic E-state index is 0.183. The Morgan fingerprint density at radius 2 is 1.56 bits per heavy atom. The normalized spacial score (nSPS) is 13.5. The predicted molar refractivity (Wildman–Crippen MR) is 106 cm³/mol. The van der Waals surface area contributed by atoms with Crippen LogP contribution in [-0.4, -0.2) is 21.8 Å². The smallest absolute Gasteiger partial charge is 0.131 e. The SMILES string of the molecule is Oc1ccc(C2=C(c3ccc4[nH]ccc4c3)c3ccc(O)cc3OC2)cc1. The van der Waals surface area contributed by atoms with Crippen LogP contribution in [0.5, 0.6) is 17.2 Å². The van der Waals surface area contributed by atoms with E-state index in [9.17, 15) is 10.2 Å². The molecule has 0 saturated carbocycles. The zero-order valence-electron chi connectivity index (χ0n) is 14.4. The van der Waals surface area contributed by atoms with Gasteiger partial charge < -0.3 is 19.9 Å². The minimum absolute atomic E-state index is 0.183. The highest BCUT2D eigenvalue weighted by atomic mass is 16.5. The molecule has 27 heavy (non-hydrogen) atoms. The topological polar surface area (TPSA) is 65.5 Å². The van der Waals surface area contributed by atoms with E-state index in [4.69, 9.17) is 4.74 Å². The summed E-state index contributed by atoms with van der Waals surface area (Å²) in [5.41, 5.74) is 6.23. The molecule has 0 saturated heterocycles. The van der Waals surface area contributed by atoms with Crippen molar-refractivity contribution in [1.29, 1.82) is 0 Å². The number of aromatic nitrogens is 1. The molecule has 0 unspecified atom stereocenters. The van der Waals surface area contributed by atoms with E-state index in [-0.39, 0.29) is 11.5 Å². The molecule has 4 heteroatoms. The zero-order chi connectivity index (χ0) is 18.4. The number of rotatable bonds is 2. The average molecular weight is 355 g/mol. The van der Waals surface area contributed by atoms with Crippen LogP contribution in [0.25, 0.3) is 22.0 Å². The van der Waals surface area contributed by atoms with Crippen LogP contribution in [0.2, 0.25) is 0 Å². The molecule has 1 aliphatic rings. The molecule has 3 N–H and O–H groups in total. The highest BCUT2D eigenvalue weighted by Crippen LogP contribution is 2.42. The Kier molecular flexibility index (Phi) is 3.44. The van der Waals surface area contributed by atoms with Gasteiger partial charge in [-0.15, -0.1) is 0 Å². The number of H-pyrrole nitrogens is 1. The van der Waals surface area contributed by atoms with Crippen molar-refractivity contribution in [3.63, 3.8) is 0 Å². The van der Waals surface area contributed by atoms with Gasteiger partial charge >= 0.3 is 0 Å². The number of hydrogen-bond acceptors (Lipinski definition) is 3. The summed E-state index contributed by atoms with van der Waals surface area (Å²) in [6, 6.07) is 20.7. The second-order valence-corrected chi connectivity index (χ2v) is 6.65. The molecule has 2 heterocycles. The third kappa shape index (κ3) is 2.62. The van der Waals surface area contributed by atoms with Crippen LogP contribution in [0.15, 0.2) is 72.9 Å². The molecule has 0 spiro atoms. The van der Waals surface area contributed by atoms with E-state index in [1.165, 1.54) is 0 Å². The Bertz CT molecular complexity index is 1190. The lowest BCUT2D eigenvalue weighted by Gasteiger charge is -2.25. The third-order valence-corrected chi connectivity index (χ3v) is 4.97. The maximum atomic E-state index is 9.84. The van der Waals surface area contributed by atoms with Gasteiger partial charge in [-0.1, -0.05) is 18.2 Å². The quantitative estimate of drug-likeness (QED) is 0.478. The fourth-order valence-corrected chi connectivity index (χ4v) is 3.65. The molecular weight excluding hydrogens is 338 g/mol. The van der Waals surface area contributed by atoms with Crippen LogP contribution >= 0.6 is 0 Å². The first-order valence-corrected chi connectivity index (χ1v) is 8.75. The van der Waals surface area contributed by atoms with Crippen LogP contribution in [0.4, 0.5) is 0 Å². The molecule has 0 aliphatic carbocycles. The fraction of sp³-hybridized carbons (Fsp3) is 0.0435. The lowest BCUT2D eigenvalue weighted by atomic mass is 9.87. The molecule has 0 fully saturated rings. The van der Waals surface area contributed by atoms with Crippen LogP contribution in [0.1, 0.15) is 16.7 Å². The summed E-state index contributed by atoms with van der Waals surface area (Å²) in [4.78, 5) is 3.22. The molecule has 1 aromatic heterocycles. The van der Waals surface area contributed by atoms with Gasteiger partial charge in [0.1, 0.15) is 23.9 Å². The predicted octanol–water partition coefficient (Wildman–Crippen LogP) is 4.93. The van der Waals surface area contributed by atoms with Crippen molar-refractivity contribution in [3.05, 3.63) is 89.6 Å². The molecule has 0 bridgehead atoms. The molecule has 132 valence electrons. The number of phenolic OH excluding ortho intramolecular Hbond substituents is 2. The number of phenols is 2. The maximum Gasteiger partial charge on any atom is 0.131 e. The Labute approximate surface area is 156 Å². The molecule has 0 atom stereocenters. The van der Waals surface area contributed by atoms with E-state index >= 15 is 0 Å². The van der Waals surface area contributed by atoms with Gasteiger partial charge in [0.25, 0.3) is 0 Å². The van der Waals surface area contributed by atoms with E-state index in [1.807, 2.05) is 24.4 Å². The Morgan fingerprint density at radius 1 is 0.778 bits per heavy atom. The number of benzene rings is 3. The summed E-state index contributed by atoms with van der Waals surface area (Å²) < 4.78 is 5.94. The summed E-state index contributed by atoms with van der Waals surface area (Å²) in [6.45, 7) is 0.391. The molecule has 5 rings (SSSR count). The van der Waals surface area contributed by atoms with E-state index < -0.39 is 0 Å². The van der Waals surface area contributed by atoms with Crippen LogP contribution < -0.4 is 4.74 Å². The Balaban J connectivity index is 1.79. The van der Waals surface area contributed by atoms with Gasteiger partial charge in [0.05, 0.1) is 0 Å². The second kappa shape index (κ2) is 5.95. The van der Waals surface area contributed by atoms with Crippen molar-refractivity contribution >= 4 is 22.0 Å². The lowest BCUT2D eigenvalue weighted by molar-refractivity contribution is 0.361. The summed E-state index contributed by atoms with van der Waals surface area (Å²) in [7, 11) is 0. The van der Waals surface area contributed by atoms with Crippen molar-refractivity contribution in [2.45, 2.75) is 0 Å². The molecule has 0 radical (unpaired) electrons. The molecule has 3 aromatic carbocycles. The molecular formula is C23H17NO3. The van der Waals surface area contributed by atoms with Crippen LogP contribution in [0.3, 0.4) is 0 Å². The van der Waals surface area contributed by atoms with Gasteiger partial charge in [0, 0.05) is 28.9 Å². The standard InChI is InChI=1S/C23H17NO3/c25-17-4-1-14(2-5-17)20-13-27-22-12-18(26)6-7-19(22)23(20)16-3-8-21-15(11-16)9-10-24-21/h1-12,24-26H,13H2. The summed E-state index contributed by atoms with van der Waals surface area (Å²) in [5.74, 6) is 1.08. The Hall–Kier alpha value is -3.66. The van der Waals surface area contributed by atoms with Crippen molar-refractivity contribution in [2.75, 3.05) is 6.61 Å². The van der Waals surface area contributed by atoms with Crippen LogP contribution in [-0.2, 0) is 0 Å². The lowest BCUT2D eigenvalue weighted by Crippen LogP contribution is -2.11. The number of aromatic amines is 1. The second-order valence-electron chi connectivity index (χ2n) is 6.65. The van der Waals surface area contributed by atoms with Crippen molar-refractivity contribution in [3.8, 4) is 17.2 Å². The first-order chi connectivity index (χ1) is 13.2. The number of ether oxygens (including phenoxy) is 1. The number of fused-ring (bicyclic) bond motifs is 2. The van der Waals surface area contributed by atoms with Crippen LogP contribution in [0, 0.1) is 0 Å². The number of hydrogen-bond donors (Lipinski definition) is 3. The zero-order valence-corrected chi connectivity index (χ0v) is 14.4. The molecule has 4 nitrogen and oxygen atoms in total. The van der Waals surface area contributed by atoms with E-state index in [1.54, 1.807) is 24.3 Å². The van der Waals surface area contributed by atoms with E-state index in [2.05, 4.69) is 29.2 Å². The highest BCUT2D eigenvalue weighted by molar-refractivity contribution is 6.03. The molecule has 1 aliphatic heterocycles. The van der Waals surface area contributed by atoms with Gasteiger partial charge in [0.2, 0.25) is 0 Å². The average Bonchev–Trinajstić information content (AvgIpc) is 3.15. The van der Waals surface area contributed by atoms with Gasteiger partial charge in [-0.05, 0) is 64.6 Å². The van der Waals surface area contributed by atoms with Gasteiger partial charge in [-0.2, -0.15) is 0 Å². The summed E-state index contributed by atoms with van der Waals surface area (Å²) in [5, 5.41) is 20.6. The Morgan fingerprint density at radius 3 is 2.41 bits per heavy atom. The highest BCUT2D eigenvalue weighted by Gasteiger charge is 2.23. The first kappa shape index (κ1) is 15.6. The van der Waals surface area contributed by atoms with E-state index in [0.717, 1.165) is 38.7 Å².